The fourth-order valence-electron chi connectivity index (χ4n) is 4.10. The molecule has 4 aromatic rings. The van der Waals surface area contributed by atoms with Crippen LogP contribution in [0.25, 0.3) is 22.2 Å². The van der Waals surface area contributed by atoms with Gasteiger partial charge in [-0.3, -0.25) is 0 Å². The van der Waals surface area contributed by atoms with Gasteiger partial charge in [0.15, 0.2) is 5.82 Å². The van der Waals surface area contributed by atoms with Crippen LogP contribution in [0.4, 0.5) is 17.5 Å². The molecular formula is C23H26N8O2. The number of rotatable bonds is 6. The summed E-state index contributed by atoms with van der Waals surface area (Å²) in [5.41, 5.74) is 4.16. The number of fused-ring (bicyclic) bond motifs is 1. The molecular weight excluding hydrogens is 420 g/mol. The Morgan fingerprint density at radius 3 is 2.61 bits per heavy atom. The van der Waals surface area contributed by atoms with Crippen molar-refractivity contribution < 1.29 is 9.47 Å². The molecule has 4 heterocycles. The Balaban J connectivity index is 1.48. The Morgan fingerprint density at radius 1 is 1.09 bits per heavy atom. The van der Waals surface area contributed by atoms with E-state index in [1.807, 2.05) is 44.4 Å². The predicted molar refractivity (Wildman–Crippen MR) is 126 cm³/mol. The van der Waals surface area contributed by atoms with Crippen LogP contribution in [0, 0.1) is 6.92 Å². The van der Waals surface area contributed by atoms with Crippen LogP contribution in [0.2, 0.25) is 0 Å². The molecule has 10 nitrogen and oxygen atoms in total. The summed E-state index contributed by atoms with van der Waals surface area (Å²) in [5, 5.41) is 12.2. The fraction of sp³-hybridized carbons (Fsp3) is 0.348. The van der Waals surface area contributed by atoms with Gasteiger partial charge in [0.05, 0.1) is 43.4 Å². The second kappa shape index (κ2) is 7.96. The van der Waals surface area contributed by atoms with E-state index in [0.717, 1.165) is 52.4 Å². The molecule has 0 radical (unpaired) electrons. The predicted octanol–water partition coefficient (Wildman–Crippen LogP) is 3.11. The van der Waals surface area contributed by atoms with E-state index in [1.54, 1.807) is 25.1 Å². The number of hydrogen-bond donors (Lipinski definition) is 1. The highest BCUT2D eigenvalue weighted by Crippen LogP contribution is 2.35. The molecule has 10 heteroatoms. The number of pyridine rings is 1. The largest absolute Gasteiger partial charge is 0.495 e. The quantitative estimate of drug-likeness (QED) is 0.478. The van der Waals surface area contributed by atoms with Crippen LogP contribution in [0.5, 0.6) is 5.75 Å². The van der Waals surface area contributed by atoms with Crippen molar-refractivity contribution in [1.29, 1.82) is 0 Å². The molecule has 0 amide bonds. The molecule has 3 aromatic heterocycles. The topological polar surface area (TPSA) is 103 Å². The molecule has 0 unspecified atom stereocenters. The van der Waals surface area contributed by atoms with Gasteiger partial charge in [0, 0.05) is 37.0 Å². The lowest BCUT2D eigenvalue weighted by Crippen LogP contribution is -2.61. The summed E-state index contributed by atoms with van der Waals surface area (Å²) in [6.07, 6.45) is 3.54. The average molecular weight is 447 g/mol. The Bertz CT molecular complexity index is 1330. The number of aryl methyl sites for hydroxylation is 2. The molecule has 33 heavy (non-hydrogen) atoms. The third kappa shape index (κ3) is 3.82. The van der Waals surface area contributed by atoms with Crippen LogP contribution in [-0.4, -0.2) is 62.9 Å². The molecule has 5 rings (SSSR count). The molecule has 1 N–H and O–H groups in total. The molecule has 0 aliphatic carbocycles. The summed E-state index contributed by atoms with van der Waals surface area (Å²) < 4.78 is 12.9. The van der Waals surface area contributed by atoms with E-state index in [2.05, 4.69) is 32.4 Å². The van der Waals surface area contributed by atoms with Crippen LogP contribution in [0.15, 0.2) is 36.7 Å². The molecule has 0 saturated carbocycles. The normalized spacial score (nSPS) is 14.9. The zero-order valence-electron chi connectivity index (χ0n) is 19.3. The van der Waals surface area contributed by atoms with Gasteiger partial charge in [-0.1, -0.05) is 11.3 Å². The Kier molecular flexibility index (Phi) is 5.09. The maximum Gasteiger partial charge on any atom is 0.227 e. The number of ether oxygens (including phenoxy) is 2. The third-order valence-corrected chi connectivity index (χ3v) is 5.98. The number of benzene rings is 1. The lowest BCUT2D eigenvalue weighted by atomic mass is 9.96. The molecule has 170 valence electrons. The van der Waals surface area contributed by atoms with Crippen LogP contribution < -0.4 is 15.0 Å². The van der Waals surface area contributed by atoms with E-state index >= 15 is 0 Å². The number of nitrogens with zero attached hydrogens (tertiary/aromatic N) is 7. The van der Waals surface area contributed by atoms with Crippen molar-refractivity contribution >= 4 is 28.4 Å². The number of aromatic nitrogens is 6. The van der Waals surface area contributed by atoms with Crippen molar-refractivity contribution in [3.05, 3.63) is 42.4 Å². The highest BCUT2D eigenvalue weighted by Gasteiger charge is 2.40. The van der Waals surface area contributed by atoms with Crippen molar-refractivity contribution in [2.45, 2.75) is 19.4 Å². The smallest absolute Gasteiger partial charge is 0.227 e. The SMILES string of the molecule is COc1cc(-c2cnnn2C)ccc1Nc1ncc2cc(C)nc(N3CC(C)(OC)C3)c2n1. The lowest BCUT2D eigenvalue weighted by molar-refractivity contribution is -0.0170. The second-order valence-electron chi connectivity index (χ2n) is 8.51. The Hall–Kier alpha value is -3.79. The molecule has 1 fully saturated rings. The van der Waals surface area contributed by atoms with Crippen molar-refractivity contribution in [3.63, 3.8) is 0 Å². The summed E-state index contributed by atoms with van der Waals surface area (Å²) in [5.74, 6) is 1.98. The van der Waals surface area contributed by atoms with E-state index in [-0.39, 0.29) is 5.60 Å². The maximum absolute atomic E-state index is 5.62. The minimum absolute atomic E-state index is 0.162. The molecule has 0 spiro atoms. The van der Waals surface area contributed by atoms with Gasteiger partial charge in [-0.25, -0.2) is 19.6 Å². The van der Waals surface area contributed by atoms with Gasteiger partial charge in [-0.05, 0) is 32.0 Å². The fourth-order valence-corrected chi connectivity index (χ4v) is 4.10. The van der Waals surface area contributed by atoms with Gasteiger partial charge < -0.3 is 19.7 Å². The molecule has 1 aliphatic heterocycles. The summed E-state index contributed by atoms with van der Waals surface area (Å²) in [4.78, 5) is 16.3. The molecule has 1 saturated heterocycles. The highest BCUT2D eigenvalue weighted by atomic mass is 16.5. The van der Waals surface area contributed by atoms with Crippen LogP contribution in [0.1, 0.15) is 12.6 Å². The van der Waals surface area contributed by atoms with Gasteiger partial charge in [-0.2, -0.15) is 0 Å². The first-order valence-electron chi connectivity index (χ1n) is 10.6. The van der Waals surface area contributed by atoms with E-state index in [1.165, 1.54) is 0 Å². The van der Waals surface area contributed by atoms with Gasteiger partial charge >= 0.3 is 0 Å². The first kappa shape index (κ1) is 21.1. The first-order valence-corrected chi connectivity index (χ1v) is 10.6. The summed E-state index contributed by atoms with van der Waals surface area (Å²) in [7, 11) is 5.23. The maximum atomic E-state index is 5.62. The number of hydrogen-bond acceptors (Lipinski definition) is 9. The van der Waals surface area contributed by atoms with E-state index < -0.39 is 0 Å². The molecule has 1 aliphatic rings. The number of nitrogens with one attached hydrogen (secondary N) is 1. The standard InChI is InChI=1S/C23H26N8O2/c1-14-8-16-10-24-22(28-20(16)21(26-14)31-12-23(2,13-31)33-5)27-17-7-6-15(9-19(17)32-4)18-11-25-29-30(18)3/h6-11H,12-13H2,1-5H3,(H,24,27,28). The summed E-state index contributed by atoms with van der Waals surface area (Å²) >= 11 is 0. The molecule has 1 aromatic carbocycles. The van der Waals surface area contributed by atoms with Crippen molar-refractivity contribution in [3.8, 4) is 17.0 Å². The molecule has 0 atom stereocenters. The number of anilines is 3. The van der Waals surface area contributed by atoms with Crippen molar-refractivity contribution in [1.82, 2.24) is 29.9 Å². The number of methoxy groups -OCH3 is 2. The average Bonchev–Trinajstić information content (AvgIpc) is 3.22. The Morgan fingerprint density at radius 2 is 1.91 bits per heavy atom. The minimum Gasteiger partial charge on any atom is -0.495 e. The second-order valence-corrected chi connectivity index (χ2v) is 8.51. The van der Waals surface area contributed by atoms with Crippen LogP contribution in [-0.2, 0) is 11.8 Å². The summed E-state index contributed by atoms with van der Waals surface area (Å²) in [6, 6.07) is 7.84. The van der Waals surface area contributed by atoms with Crippen LogP contribution in [0.3, 0.4) is 0 Å². The van der Waals surface area contributed by atoms with Crippen molar-refractivity contribution in [2.24, 2.45) is 7.05 Å². The van der Waals surface area contributed by atoms with E-state index in [0.29, 0.717) is 11.7 Å². The third-order valence-electron chi connectivity index (χ3n) is 5.98. The summed E-state index contributed by atoms with van der Waals surface area (Å²) in [6.45, 7) is 5.61. The van der Waals surface area contributed by atoms with Gasteiger partial charge in [0.2, 0.25) is 5.95 Å². The zero-order valence-corrected chi connectivity index (χ0v) is 19.3. The first-order chi connectivity index (χ1) is 15.9. The van der Waals surface area contributed by atoms with Gasteiger partial charge in [-0.15, -0.1) is 5.10 Å². The monoisotopic (exact) mass is 446 g/mol. The van der Waals surface area contributed by atoms with Crippen LogP contribution >= 0.6 is 0 Å². The van der Waals surface area contributed by atoms with E-state index in [9.17, 15) is 0 Å². The lowest BCUT2D eigenvalue weighted by Gasteiger charge is -2.47. The van der Waals surface area contributed by atoms with Crippen molar-refractivity contribution in [2.75, 3.05) is 37.5 Å². The Labute approximate surface area is 191 Å². The highest BCUT2D eigenvalue weighted by molar-refractivity contribution is 5.90. The molecule has 0 bridgehead atoms. The zero-order chi connectivity index (χ0) is 23.2. The minimum atomic E-state index is -0.162. The van der Waals surface area contributed by atoms with Gasteiger partial charge in [0.1, 0.15) is 11.3 Å². The van der Waals surface area contributed by atoms with Gasteiger partial charge in [0.25, 0.3) is 0 Å². The van der Waals surface area contributed by atoms with E-state index in [4.69, 9.17) is 19.4 Å².